The lowest BCUT2D eigenvalue weighted by molar-refractivity contribution is -0.123. The molecule has 0 aromatic rings. The molecule has 0 saturated heterocycles. The monoisotopic (exact) mass is 974 g/mol. The van der Waals surface area contributed by atoms with Crippen LogP contribution in [0.15, 0.2) is 0 Å². The van der Waals surface area contributed by atoms with Crippen LogP contribution in [0.2, 0.25) is 0 Å². The van der Waals surface area contributed by atoms with E-state index >= 15 is 0 Å². The molecule has 0 aromatic carbocycles. The topological polar surface area (TPSA) is 69.6 Å². The van der Waals surface area contributed by atoms with Gasteiger partial charge in [0, 0.05) is 6.42 Å². The Morgan fingerprint density at radius 1 is 0.290 bits per heavy atom. The highest BCUT2D eigenvalue weighted by Crippen LogP contribution is 2.20. The number of rotatable bonds is 62. The molecule has 0 heterocycles. The highest BCUT2D eigenvalue weighted by atomic mass is 16.3. The smallest absolute Gasteiger partial charge is 0.220 e. The first kappa shape index (κ1) is 68.4. The van der Waals surface area contributed by atoms with Gasteiger partial charge in [0.15, 0.2) is 0 Å². The van der Waals surface area contributed by atoms with Gasteiger partial charge in [-0.05, 0) is 12.8 Å². The van der Waals surface area contributed by atoms with E-state index in [0.717, 1.165) is 25.7 Å². The largest absolute Gasteiger partial charge is 0.394 e. The molecule has 0 fully saturated rings. The van der Waals surface area contributed by atoms with Gasteiger partial charge in [-0.1, -0.05) is 373 Å². The molecule has 0 radical (unpaired) electrons. The summed E-state index contributed by atoms with van der Waals surface area (Å²) in [4.78, 5) is 12.5. The molecule has 2 unspecified atom stereocenters. The number of aliphatic hydroxyl groups excluding tert-OH is 2. The lowest BCUT2D eigenvalue weighted by Crippen LogP contribution is -2.45. The van der Waals surface area contributed by atoms with Gasteiger partial charge in [-0.3, -0.25) is 4.79 Å². The minimum absolute atomic E-state index is 0.0202. The van der Waals surface area contributed by atoms with E-state index in [1.165, 1.54) is 340 Å². The van der Waals surface area contributed by atoms with Crippen molar-refractivity contribution >= 4 is 5.91 Å². The molecule has 4 nitrogen and oxygen atoms in total. The van der Waals surface area contributed by atoms with Gasteiger partial charge < -0.3 is 15.5 Å². The maximum Gasteiger partial charge on any atom is 0.220 e. The summed E-state index contributed by atoms with van der Waals surface area (Å²) in [7, 11) is 0. The fourth-order valence-electron chi connectivity index (χ4n) is 10.9. The third-order valence-corrected chi connectivity index (χ3v) is 15.9. The zero-order valence-electron chi connectivity index (χ0n) is 47.9. The predicted molar refractivity (Wildman–Crippen MR) is 309 cm³/mol. The fourth-order valence-corrected chi connectivity index (χ4v) is 10.9. The van der Waals surface area contributed by atoms with Crippen LogP contribution in [0.5, 0.6) is 0 Å². The highest BCUT2D eigenvalue weighted by molar-refractivity contribution is 5.76. The van der Waals surface area contributed by atoms with Gasteiger partial charge in [-0.25, -0.2) is 0 Å². The van der Waals surface area contributed by atoms with Gasteiger partial charge in [0.1, 0.15) is 0 Å². The summed E-state index contributed by atoms with van der Waals surface area (Å²) in [5.41, 5.74) is 0. The molecule has 0 aromatic heterocycles. The standard InChI is InChI=1S/C65H131NO3/c1-3-5-7-9-11-13-15-17-19-21-23-25-27-28-29-30-31-32-33-34-35-36-37-38-39-41-43-45-47-49-51-53-55-57-59-61-65(69)66-63(62-67)64(68)60-58-56-54-52-50-48-46-44-42-40-26-24-22-20-18-16-14-12-10-8-6-4-2/h63-64,67-68H,3-62H2,1-2H3,(H,66,69). The number of hydrogen-bond acceptors (Lipinski definition) is 3. The van der Waals surface area contributed by atoms with Crippen molar-refractivity contribution in [1.82, 2.24) is 5.32 Å². The third kappa shape index (κ3) is 58.2. The number of aliphatic hydroxyl groups is 2. The van der Waals surface area contributed by atoms with Gasteiger partial charge >= 0.3 is 0 Å². The van der Waals surface area contributed by atoms with E-state index < -0.39 is 12.1 Å². The van der Waals surface area contributed by atoms with Crippen molar-refractivity contribution in [3.8, 4) is 0 Å². The second kappa shape index (κ2) is 61.7. The highest BCUT2D eigenvalue weighted by Gasteiger charge is 2.20. The predicted octanol–water partition coefficient (Wildman–Crippen LogP) is 21.9. The Labute approximate surface area is 435 Å². The van der Waals surface area contributed by atoms with Crippen LogP contribution in [0.4, 0.5) is 0 Å². The van der Waals surface area contributed by atoms with Crippen LogP contribution < -0.4 is 5.32 Å². The van der Waals surface area contributed by atoms with Crippen molar-refractivity contribution in [2.75, 3.05) is 6.61 Å². The molecule has 0 saturated carbocycles. The molecule has 0 bridgehead atoms. The van der Waals surface area contributed by atoms with Gasteiger partial charge in [0.25, 0.3) is 0 Å². The molecular weight excluding hydrogens is 843 g/mol. The van der Waals surface area contributed by atoms with E-state index in [1.807, 2.05) is 0 Å². The maximum atomic E-state index is 12.5. The summed E-state index contributed by atoms with van der Waals surface area (Å²) < 4.78 is 0. The normalized spacial score (nSPS) is 12.6. The van der Waals surface area contributed by atoms with E-state index in [9.17, 15) is 15.0 Å². The molecular formula is C65H131NO3. The number of nitrogens with one attached hydrogen (secondary N) is 1. The van der Waals surface area contributed by atoms with E-state index in [2.05, 4.69) is 19.2 Å². The van der Waals surface area contributed by atoms with Crippen LogP contribution >= 0.6 is 0 Å². The van der Waals surface area contributed by atoms with Crippen molar-refractivity contribution in [1.29, 1.82) is 0 Å². The molecule has 414 valence electrons. The molecule has 4 heteroatoms. The lowest BCUT2D eigenvalue weighted by Gasteiger charge is -2.22. The first-order valence-corrected chi connectivity index (χ1v) is 32.7. The zero-order valence-corrected chi connectivity index (χ0v) is 47.9. The molecule has 69 heavy (non-hydrogen) atoms. The number of carbonyl (C=O) groups excluding carboxylic acids is 1. The molecule has 0 spiro atoms. The minimum atomic E-state index is -0.656. The minimum Gasteiger partial charge on any atom is -0.394 e. The molecule has 1 amide bonds. The van der Waals surface area contributed by atoms with Gasteiger partial charge in [0.05, 0.1) is 18.8 Å². The van der Waals surface area contributed by atoms with Crippen molar-refractivity contribution in [2.24, 2.45) is 0 Å². The SMILES string of the molecule is CCCCCCCCCCCCCCCCCCCCCCCCCCCCCCCCCCCCCC(=O)NC(CO)C(O)CCCCCCCCCCCCCCCCCCCCCCCC. The van der Waals surface area contributed by atoms with Crippen LogP contribution in [0.3, 0.4) is 0 Å². The summed E-state index contributed by atoms with van der Waals surface area (Å²) in [6, 6.07) is -0.532. The Morgan fingerprint density at radius 2 is 0.464 bits per heavy atom. The molecule has 0 aliphatic heterocycles. The summed E-state index contributed by atoms with van der Waals surface area (Å²) in [6.45, 7) is 4.42. The average Bonchev–Trinajstić information content (AvgIpc) is 3.35. The van der Waals surface area contributed by atoms with Crippen molar-refractivity contribution in [3.05, 3.63) is 0 Å². The molecule has 0 aliphatic carbocycles. The fraction of sp³-hybridized carbons (Fsp3) is 0.985. The van der Waals surface area contributed by atoms with Crippen LogP contribution in [0.25, 0.3) is 0 Å². The number of carbonyl (C=O) groups is 1. The zero-order chi connectivity index (χ0) is 49.9. The van der Waals surface area contributed by atoms with Crippen LogP contribution in [-0.4, -0.2) is 34.9 Å². The maximum absolute atomic E-state index is 12.5. The molecule has 3 N–H and O–H groups in total. The number of hydrogen-bond donors (Lipinski definition) is 3. The quantitative estimate of drug-likeness (QED) is 0.0532. The molecule has 0 aliphatic rings. The van der Waals surface area contributed by atoms with Gasteiger partial charge in [0.2, 0.25) is 5.91 Å². The van der Waals surface area contributed by atoms with E-state index in [1.54, 1.807) is 0 Å². The number of amides is 1. The summed E-state index contributed by atoms with van der Waals surface area (Å²) in [6.07, 6.45) is 80.0. The molecule has 2 atom stereocenters. The summed E-state index contributed by atoms with van der Waals surface area (Å²) in [5.74, 6) is -0.0202. The van der Waals surface area contributed by atoms with Crippen molar-refractivity contribution in [3.63, 3.8) is 0 Å². The Kier molecular flexibility index (Phi) is 61.1. The second-order valence-electron chi connectivity index (χ2n) is 22.9. The summed E-state index contributed by atoms with van der Waals surface area (Å²) in [5, 5.41) is 23.4. The first-order chi connectivity index (χ1) is 34.2. The molecule has 0 rings (SSSR count). The average molecular weight is 975 g/mol. The second-order valence-corrected chi connectivity index (χ2v) is 22.9. The van der Waals surface area contributed by atoms with E-state index in [-0.39, 0.29) is 12.5 Å². The first-order valence-electron chi connectivity index (χ1n) is 32.7. The Hall–Kier alpha value is -0.610. The lowest BCUT2D eigenvalue weighted by atomic mass is 10.0. The van der Waals surface area contributed by atoms with Crippen molar-refractivity contribution < 1.29 is 15.0 Å². The Morgan fingerprint density at radius 3 is 0.652 bits per heavy atom. The van der Waals surface area contributed by atoms with E-state index in [0.29, 0.717) is 12.8 Å². The van der Waals surface area contributed by atoms with Crippen LogP contribution in [0, 0.1) is 0 Å². The van der Waals surface area contributed by atoms with Crippen LogP contribution in [-0.2, 0) is 4.79 Å². The van der Waals surface area contributed by atoms with Crippen molar-refractivity contribution in [2.45, 2.75) is 405 Å². The Balaban J connectivity index is 3.35. The van der Waals surface area contributed by atoms with Crippen LogP contribution in [0.1, 0.15) is 393 Å². The third-order valence-electron chi connectivity index (χ3n) is 15.9. The Bertz CT molecular complexity index is 925. The number of unbranched alkanes of at least 4 members (excludes halogenated alkanes) is 55. The van der Waals surface area contributed by atoms with Gasteiger partial charge in [-0.2, -0.15) is 0 Å². The van der Waals surface area contributed by atoms with Gasteiger partial charge in [-0.15, -0.1) is 0 Å². The van der Waals surface area contributed by atoms with E-state index in [4.69, 9.17) is 0 Å². The summed E-state index contributed by atoms with van der Waals surface area (Å²) >= 11 is 0.